The Kier molecular flexibility index (Phi) is 4.43. The van der Waals surface area contributed by atoms with Gasteiger partial charge in [-0.05, 0) is 24.8 Å². The Balaban J connectivity index is 2.01. The van der Waals surface area contributed by atoms with E-state index in [2.05, 4.69) is 29.0 Å². The van der Waals surface area contributed by atoms with Crippen molar-refractivity contribution in [2.45, 2.75) is 26.7 Å². The lowest BCUT2D eigenvalue weighted by molar-refractivity contribution is 0.332. The van der Waals surface area contributed by atoms with E-state index in [0.717, 1.165) is 17.7 Å². The molecule has 0 radical (unpaired) electrons. The van der Waals surface area contributed by atoms with Crippen LogP contribution in [0.2, 0.25) is 0 Å². The average Bonchev–Trinajstić information content (AvgIpc) is 2.97. The quantitative estimate of drug-likeness (QED) is 0.868. The van der Waals surface area contributed by atoms with Crippen LogP contribution in [0.15, 0.2) is 16.2 Å². The second kappa shape index (κ2) is 6.06. The van der Waals surface area contributed by atoms with Crippen molar-refractivity contribution in [3.8, 4) is 10.7 Å². The van der Waals surface area contributed by atoms with Gasteiger partial charge in [0, 0.05) is 12.6 Å². The van der Waals surface area contributed by atoms with E-state index in [0.29, 0.717) is 30.1 Å². The van der Waals surface area contributed by atoms with Crippen molar-refractivity contribution < 1.29 is 4.52 Å². The maximum Gasteiger partial charge on any atom is 0.227 e. The summed E-state index contributed by atoms with van der Waals surface area (Å²) < 4.78 is 5.26. The molecular formula is C12H18N4OS. The fourth-order valence-corrected chi connectivity index (χ4v) is 2.49. The Bertz CT molecular complexity index is 466. The van der Waals surface area contributed by atoms with Gasteiger partial charge >= 0.3 is 0 Å². The lowest BCUT2D eigenvalue weighted by Gasteiger charge is -2.14. The summed E-state index contributed by atoms with van der Waals surface area (Å²) >= 11 is 1.50. The smallest absolute Gasteiger partial charge is 0.227 e. The van der Waals surface area contributed by atoms with E-state index in [1.807, 2.05) is 0 Å². The monoisotopic (exact) mass is 266 g/mol. The van der Waals surface area contributed by atoms with Gasteiger partial charge in [-0.2, -0.15) is 4.98 Å². The van der Waals surface area contributed by atoms with E-state index in [1.54, 1.807) is 11.7 Å². The first kappa shape index (κ1) is 13.2. The minimum absolute atomic E-state index is 0.403. The van der Waals surface area contributed by atoms with Crippen LogP contribution in [0.1, 0.15) is 26.2 Å². The molecule has 0 saturated carbocycles. The summed E-state index contributed by atoms with van der Waals surface area (Å²) in [5, 5.41) is 3.97. The highest BCUT2D eigenvalue weighted by Gasteiger charge is 2.16. The van der Waals surface area contributed by atoms with Crippen LogP contribution >= 0.6 is 11.3 Å². The summed E-state index contributed by atoms with van der Waals surface area (Å²) in [6, 6.07) is 0. The van der Waals surface area contributed by atoms with E-state index in [1.165, 1.54) is 11.3 Å². The molecule has 2 aromatic rings. The molecule has 0 saturated heterocycles. The molecule has 2 N–H and O–H groups in total. The highest BCUT2D eigenvalue weighted by atomic mass is 32.1. The molecule has 0 bridgehead atoms. The Morgan fingerprint density at radius 3 is 2.89 bits per heavy atom. The highest BCUT2D eigenvalue weighted by molar-refractivity contribution is 7.13. The lowest BCUT2D eigenvalue weighted by Crippen LogP contribution is -2.19. The van der Waals surface area contributed by atoms with Crippen molar-refractivity contribution in [2.75, 3.05) is 6.54 Å². The Labute approximate surface area is 110 Å². The van der Waals surface area contributed by atoms with E-state index < -0.39 is 0 Å². The Morgan fingerprint density at radius 1 is 1.44 bits per heavy atom. The minimum Gasteiger partial charge on any atom is -0.339 e. The number of aromatic nitrogens is 3. The molecule has 5 nitrogen and oxygen atoms in total. The highest BCUT2D eigenvalue weighted by Crippen LogP contribution is 2.21. The Morgan fingerprint density at radius 2 is 2.28 bits per heavy atom. The van der Waals surface area contributed by atoms with Crippen LogP contribution in [0, 0.1) is 11.8 Å². The number of nitrogens with two attached hydrogens (primary N) is 1. The Hall–Kier alpha value is -1.27. The van der Waals surface area contributed by atoms with Crippen molar-refractivity contribution in [3.05, 3.63) is 17.6 Å². The van der Waals surface area contributed by atoms with Crippen LogP contribution in [0.4, 0.5) is 0 Å². The van der Waals surface area contributed by atoms with Gasteiger partial charge in [-0.3, -0.25) is 4.98 Å². The van der Waals surface area contributed by atoms with Gasteiger partial charge in [-0.25, -0.2) is 0 Å². The molecule has 18 heavy (non-hydrogen) atoms. The molecule has 0 fully saturated rings. The zero-order chi connectivity index (χ0) is 13.0. The van der Waals surface area contributed by atoms with Crippen LogP contribution < -0.4 is 5.73 Å². The maximum atomic E-state index is 5.77. The first-order valence-corrected chi connectivity index (χ1v) is 6.98. The molecule has 1 unspecified atom stereocenters. The van der Waals surface area contributed by atoms with Crippen LogP contribution in [0.25, 0.3) is 10.7 Å². The molecule has 2 heterocycles. The van der Waals surface area contributed by atoms with Gasteiger partial charge in [0.15, 0.2) is 0 Å². The molecule has 0 aliphatic carbocycles. The first-order chi connectivity index (χ1) is 8.69. The molecule has 0 spiro atoms. The summed E-state index contributed by atoms with van der Waals surface area (Å²) in [5.41, 5.74) is 7.53. The molecule has 98 valence electrons. The zero-order valence-electron chi connectivity index (χ0n) is 10.7. The first-order valence-electron chi connectivity index (χ1n) is 6.10. The van der Waals surface area contributed by atoms with Gasteiger partial charge < -0.3 is 10.3 Å². The van der Waals surface area contributed by atoms with Crippen molar-refractivity contribution >= 4 is 11.3 Å². The van der Waals surface area contributed by atoms with Gasteiger partial charge in [0.1, 0.15) is 0 Å². The van der Waals surface area contributed by atoms with Gasteiger partial charge in [0.2, 0.25) is 11.7 Å². The molecule has 0 aromatic carbocycles. The van der Waals surface area contributed by atoms with E-state index >= 15 is 0 Å². The molecule has 6 heteroatoms. The van der Waals surface area contributed by atoms with E-state index in [4.69, 9.17) is 10.3 Å². The normalized spacial score (nSPS) is 13.1. The number of hydrogen-bond acceptors (Lipinski definition) is 6. The third kappa shape index (κ3) is 3.36. The number of thiazole rings is 1. The summed E-state index contributed by atoms with van der Waals surface area (Å²) in [6.45, 7) is 5.04. The van der Waals surface area contributed by atoms with Crippen LogP contribution in [0.3, 0.4) is 0 Å². The topological polar surface area (TPSA) is 77.8 Å². The van der Waals surface area contributed by atoms with Gasteiger partial charge in [-0.1, -0.05) is 19.0 Å². The predicted molar refractivity (Wildman–Crippen MR) is 71.1 cm³/mol. The van der Waals surface area contributed by atoms with E-state index in [-0.39, 0.29) is 0 Å². The summed E-state index contributed by atoms with van der Waals surface area (Å²) in [5.74, 6) is 2.31. The second-order valence-electron chi connectivity index (χ2n) is 4.81. The van der Waals surface area contributed by atoms with Crippen molar-refractivity contribution in [2.24, 2.45) is 17.6 Å². The van der Waals surface area contributed by atoms with Gasteiger partial charge in [0.25, 0.3) is 0 Å². The van der Waals surface area contributed by atoms with E-state index in [9.17, 15) is 0 Å². The SMILES string of the molecule is CC(C)CC(CN)Cc1nc(-c2cncs2)no1. The molecule has 0 aliphatic heterocycles. The third-order valence-corrected chi connectivity index (χ3v) is 3.49. The summed E-state index contributed by atoms with van der Waals surface area (Å²) in [7, 11) is 0. The molecule has 2 rings (SSSR count). The standard InChI is InChI=1S/C12H18N4OS/c1-8(2)3-9(5-13)4-11-15-12(16-17-11)10-6-14-7-18-10/h6-9H,3-5,13H2,1-2H3. The second-order valence-corrected chi connectivity index (χ2v) is 5.70. The van der Waals surface area contributed by atoms with Crippen molar-refractivity contribution in [1.82, 2.24) is 15.1 Å². The molecule has 1 atom stereocenters. The fraction of sp³-hybridized carbons (Fsp3) is 0.583. The van der Waals surface area contributed by atoms with Crippen molar-refractivity contribution in [3.63, 3.8) is 0 Å². The third-order valence-electron chi connectivity index (χ3n) is 2.72. The van der Waals surface area contributed by atoms with Gasteiger partial charge in [-0.15, -0.1) is 11.3 Å². The zero-order valence-corrected chi connectivity index (χ0v) is 11.5. The molecule has 0 amide bonds. The molecular weight excluding hydrogens is 248 g/mol. The number of nitrogens with zero attached hydrogens (tertiary/aromatic N) is 3. The minimum atomic E-state index is 0.403. The largest absolute Gasteiger partial charge is 0.339 e. The average molecular weight is 266 g/mol. The van der Waals surface area contributed by atoms with Gasteiger partial charge in [0.05, 0.1) is 10.4 Å². The van der Waals surface area contributed by atoms with Crippen LogP contribution in [-0.2, 0) is 6.42 Å². The van der Waals surface area contributed by atoms with Crippen LogP contribution in [-0.4, -0.2) is 21.7 Å². The maximum absolute atomic E-state index is 5.77. The predicted octanol–water partition coefficient (Wildman–Crippen LogP) is 2.36. The summed E-state index contributed by atoms with van der Waals surface area (Å²) in [6.07, 6.45) is 3.57. The van der Waals surface area contributed by atoms with Crippen molar-refractivity contribution in [1.29, 1.82) is 0 Å². The fourth-order valence-electron chi connectivity index (χ4n) is 1.94. The number of hydrogen-bond donors (Lipinski definition) is 1. The number of rotatable bonds is 6. The molecule has 0 aliphatic rings. The summed E-state index contributed by atoms with van der Waals surface area (Å²) in [4.78, 5) is 9.31. The van der Waals surface area contributed by atoms with Crippen LogP contribution in [0.5, 0.6) is 0 Å². The molecule has 2 aromatic heterocycles. The lowest BCUT2D eigenvalue weighted by atomic mass is 9.94.